The van der Waals surface area contributed by atoms with Gasteiger partial charge in [0, 0.05) is 0 Å². The molecule has 0 bridgehead atoms. The fourth-order valence-electron chi connectivity index (χ4n) is 5.92. The molecule has 0 amide bonds. The Bertz CT molecular complexity index is 1090. The molecular formula is C23H33Cl2NOTi. The standard InChI is InChI=1S/C14H11.C4H10N.C3H7O.CH3.CH2.2ClH.Ti/c1-10-6-7-14-12(8-10)9-11-4-2-3-5-13(11)14;1-4(2,3)5;1-2-3-4;;;;;/h2-7H,9H2,1H3;5H,1-3H3;4H,1-3H2;1H3;1H2;2*1H;/q;-1;;;;;;+3/p-2. The van der Waals surface area contributed by atoms with Crippen molar-refractivity contribution in [3.8, 4) is 11.1 Å². The van der Waals surface area contributed by atoms with Gasteiger partial charge in [0.2, 0.25) is 0 Å². The second-order valence-electron chi connectivity index (χ2n) is 11.0. The van der Waals surface area contributed by atoms with Crippen LogP contribution in [-0.2, 0) is 16.8 Å². The average molecular weight is 458 g/mol. The number of nitrogens with one attached hydrogen (secondary N) is 1. The van der Waals surface area contributed by atoms with Crippen molar-refractivity contribution in [2.75, 3.05) is 6.61 Å². The molecular weight excluding hydrogens is 425 g/mol. The maximum absolute atomic E-state index is 9.68. The van der Waals surface area contributed by atoms with Crippen LogP contribution in [0.1, 0.15) is 43.9 Å². The molecule has 0 aromatic heterocycles. The van der Waals surface area contributed by atoms with Crippen molar-refractivity contribution in [3.05, 3.63) is 53.1 Å². The molecule has 2 aromatic rings. The van der Waals surface area contributed by atoms with Crippen LogP contribution in [-0.4, -0.2) is 22.1 Å². The first-order chi connectivity index (χ1) is 12.5. The van der Waals surface area contributed by atoms with E-state index in [4.69, 9.17) is 23.4 Å². The van der Waals surface area contributed by atoms with Gasteiger partial charge in [-0.2, -0.15) is 0 Å². The molecule has 3 rings (SSSR count). The number of aliphatic hydroxyl groups excluding tert-OH is 1. The molecule has 0 saturated heterocycles. The van der Waals surface area contributed by atoms with Gasteiger partial charge in [-0.15, -0.1) is 0 Å². The summed E-state index contributed by atoms with van der Waals surface area (Å²) in [5.74, 6) is 0. The van der Waals surface area contributed by atoms with Crippen LogP contribution in [0.3, 0.4) is 0 Å². The van der Waals surface area contributed by atoms with E-state index in [1.54, 1.807) is 0 Å². The van der Waals surface area contributed by atoms with Gasteiger partial charge in [0.15, 0.2) is 0 Å². The monoisotopic (exact) mass is 457 g/mol. The molecule has 0 aliphatic heterocycles. The van der Waals surface area contributed by atoms with Crippen molar-refractivity contribution in [1.29, 1.82) is 0 Å². The molecule has 0 heterocycles. The average Bonchev–Trinajstić information content (AvgIpc) is 2.87. The SMILES string of the molecule is [CH2]=[Ti]([CH3])([Cl])([Cl])([CH2]CCO)([NH]C(C)(C)C)[c]1c(C)ccc2c1Cc1ccccc1-2. The predicted molar refractivity (Wildman–Crippen MR) is 123 cm³/mol. The van der Waals surface area contributed by atoms with E-state index in [0.717, 1.165) is 15.9 Å². The van der Waals surface area contributed by atoms with Crippen LogP contribution < -0.4 is 7.67 Å². The van der Waals surface area contributed by atoms with Crippen LogP contribution in [0.25, 0.3) is 11.1 Å². The minimum atomic E-state index is -5.83. The van der Waals surface area contributed by atoms with Gasteiger partial charge in [-0.1, -0.05) is 0 Å². The summed E-state index contributed by atoms with van der Waals surface area (Å²) in [5, 5.41) is 11.6. The second kappa shape index (κ2) is 5.61. The first-order valence-corrected chi connectivity index (χ1v) is 19.7. The first kappa shape index (κ1) is 22.2. The van der Waals surface area contributed by atoms with E-state index < -0.39 is 10.4 Å². The molecule has 0 saturated carbocycles. The third-order valence-corrected chi connectivity index (χ3v) is 19.9. The van der Waals surface area contributed by atoms with Crippen LogP contribution in [0.5, 0.6) is 0 Å². The van der Waals surface area contributed by atoms with Crippen molar-refractivity contribution in [3.63, 3.8) is 0 Å². The van der Waals surface area contributed by atoms with E-state index in [9.17, 15) is 5.11 Å². The van der Waals surface area contributed by atoms with Crippen LogP contribution >= 0.6 is 18.6 Å². The van der Waals surface area contributed by atoms with Gasteiger partial charge in [-0.05, 0) is 0 Å². The minimum absolute atomic E-state index is 0.0232. The van der Waals surface area contributed by atoms with Crippen LogP contribution in [0, 0.1) is 6.92 Å². The van der Waals surface area contributed by atoms with Crippen molar-refractivity contribution >= 4 is 27.3 Å². The Balaban J connectivity index is 2.44. The Kier molecular flexibility index (Phi) is 4.45. The number of hydrogen-bond acceptors (Lipinski definition) is 2. The van der Waals surface area contributed by atoms with Gasteiger partial charge >= 0.3 is 173 Å². The molecule has 154 valence electrons. The summed E-state index contributed by atoms with van der Waals surface area (Å²) in [6.45, 7) is 8.31. The van der Waals surface area contributed by atoms with Gasteiger partial charge in [0.05, 0.1) is 0 Å². The predicted octanol–water partition coefficient (Wildman–Crippen LogP) is 5.84. The molecule has 2 nitrogen and oxygen atoms in total. The molecule has 2 aromatic carbocycles. The number of fused-ring (bicyclic) bond motifs is 3. The number of rotatable bonds is 5. The molecule has 1 aliphatic rings. The molecule has 5 heteroatoms. The number of aryl methyl sites for hydroxylation is 1. The molecule has 0 unspecified atom stereocenters. The molecule has 0 spiro atoms. The van der Waals surface area contributed by atoms with E-state index in [-0.39, 0.29) is 12.1 Å². The number of halogens is 2. The maximum atomic E-state index is 9.68. The van der Waals surface area contributed by atoms with Gasteiger partial charge in [0.1, 0.15) is 0 Å². The van der Waals surface area contributed by atoms with Crippen molar-refractivity contribution in [2.45, 2.75) is 56.0 Å². The third-order valence-electron chi connectivity index (χ3n) is 6.15. The second-order valence-corrected chi connectivity index (χ2v) is 37.3. The molecule has 0 fully saturated rings. The van der Waals surface area contributed by atoms with E-state index in [1.807, 2.05) is 5.23 Å². The van der Waals surface area contributed by atoms with Gasteiger partial charge in [-0.3, -0.25) is 0 Å². The summed E-state index contributed by atoms with van der Waals surface area (Å²) in [6, 6.07) is 12.8. The Morgan fingerprint density at radius 2 is 1.75 bits per heavy atom. The Morgan fingerprint density at radius 3 is 2.36 bits per heavy atom. The molecule has 0 atom stereocenters. The fraction of sp³-hybridized carbons (Fsp3) is 0.435. The van der Waals surface area contributed by atoms with Gasteiger partial charge in [-0.25, -0.2) is 0 Å². The van der Waals surface area contributed by atoms with Crippen molar-refractivity contribution < 1.29 is 15.5 Å². The van der Waals surface area contributed by atoms with E-state index >= 15 is 0 Å². The van der Waals surface area contributed by atoms with Crippen LogP contribution in [0.15, 0.2) is 36.4 Å². The molecule has 2 N–H and O–H groups in total. The zero-order valence-electron chi connectivity index (χ0n) is 17.7. The summed E-state index contributed by atoms with van der Waals surface area (Å²) >= 11 is 0. The summed E-state index contributed by atoms with van der Waals surface area (Å²) < 4.78 is 5.09. The number of aliphatic hydroxyl groups is 1. The van der Waals surface area contributed by atoms with Gasteiger partial charge < -0.3 is 0 Å². The topological polar surface area (TPSA) is 32.3 Å². The van der Waals surface area contributed by atoms with E-state index in [1.165, 1.54) is 22.3 Å². The van der Waals surface area contributed by atoms with Crippen LogP contribution in [0.4, 0.5) is 0 Å². The quantitative estimate of drug-likeness (QED) is 0.471. The Labute approximate surface area is 172 Å². The summed E-state index contributed by atoms with van der Waals surface area (Å²) in [6.07, 6.45) is 1.28. The summed E-state index contributed by atoms with van der Waals surface area (Å²) in [5.41, 5.74) is 5.59. The first-order valence-electron chi connectivity index (χ1n) is 10.1. The summed E-state index contributed by atoms with van der Waals surface area (Å²) in [7, 11) is 9.84. The molecule has 0 radical (unpaired) electrons. The van der Waals surface area contributed by atoms with Crippen LogP contribution in [0.2, 0.25) is 9.95 Å². The van der Waals surface area contributed by atoms with E-state index in [0.29, 0.717) is 11.1 Å². The van der Waals surface area contributed by atoms with Crippen molar-refractivity contribution in [1.82, 2.24) is 3.80 Å². The summed E-state index contributed by atoms with van der Waals surface area (Å²) in [4.78, 5) is 4.75. The fourth-order valence-corrected chi connectivity index (χ4v) is 23.2. The normalized spacial score (nSPS) is 17.8. The number of hydrogen-bond donors (Lipinski definition) is 2. The van der Waals surface area contributed by atoms with Gasteiger partial charge in [0.25, 0.3) is 0 Å². The number of benzene rings is 2. The molecule has 28 heavy (non-hydrogen) atoms. The Morgan fingerprint density at radius 1 is 1.11 bits per heavy atom. The third kappa shape index (κ3) is 3.69. The van der Waals surface area contributed by atoms with E-state index in [2.05, 4.69) is 67.9 Å². The zero-order valence-corrected chi connectivity index (χ0v) is 20.8. The zero-order chi connectivity index (χ0) is 21.1. The Hall–Kier alpha value is -0.476. The van der Waals surface area contributed by atoms with Crippen molar-refractivity contribution in [2.24, 2.45) is 0 Å². The molecule has 1 aliphatic carbocycles.